The number of nitrogen functional groups attached to an aromatic ring is 1. The molecule has 7 heteroatoms. The van der Waals surface area contributed by atoms with E-state index in [-0.39, 0.29) is 12.2 Å². The number of ketones is 1. The van der Waals surface area contributed by atoms with E-state index in [9.17, 15) is 13.6 Å². The summed E-state index contributed by atoms with van der Waals surface area (Å²) >= 11 is 0. The molecule has 0 amide bonds. The van der Waals surface area contributed by atoms with E-state index in [1.807, 2.05) is 6.92 Å². The molecule has 1 aromatic heterocycles. The second kappa shape index (κ2) is 9.69. The maximum absolute atomic E-state index is 14.7. The lowest BCUT2D eigenvalue weighted by atomic mass is 9.97. The van der Waals surface area contributed by atoms with Crippen LogP contribution in [0.15, 0.2) is 34.7 Å². The van der Waals surface area contributed by atoms with Crippen molar-refractivity contribution in [2.75, 3.05) is 32.0 Å². The molecule has 0 saturated carbocycles. The Bertz CT molecular complexity index is 1100. The van der Waals surface area contributed by atoms with Crippen LogP contribution < -0.4 is 10.5 Å². The number of likely N-dealkylation sites (tertiary alicyclic amines) is 1. The van der Waals surface area contributed by atoms with Crippen LogP contribution in [0.3, 0.4) is 0 Å². The summed E-state index contributed by atoms with van der Waals surface area (Å²) in [5, 5.41) is 0.549. The van der Waals surface area contributed by atoms with Crippen LogP contribution in [0, 0.1) is 11.6 Å². The van der Waals surface area contributed by atoms with Crippen LogP contribution in [0.2, 0.25) is 0 Å². The van der Waals surface area contributed by atoms with Crippen molar-refractivity contribution in [3.05, 3.63) is 58.9 Å². The van der Waals surface area contributed by atoms with Crippen molar-refractivity contribution >= 4 is 22.4 Å². The highest BCUT2D eigenvalue weighted by molar-refractivity contribution is 6.17. The van der Waals surface area contributed by atoms with E-state index in [0.717, 1.165) is 50.9 Å². The molecule has 0 bridgehead atoms. The zero-order valence-electron chi connectivity index (χ0n) is 18.3. The molecule has 4 rings (SSSR count). The van der Waals surface area contributed by atoms with E-state index >= 15 is 0 Å². The monoisotopic (exact) mass is 442 g/mol. The van der Waals surface area contributed by atoms with Gasteiger partial charge in [0.05, 0.1) is 5.56 Å². The van der Waals surface area contributed by atoms with Crippen LogP contribution in [-0.2, 0) is 6.42 Å². The van der Waals surface area contributed by atoms with Crippen molar-refractivity contribution < 1.29 is 22.7 Å². The van der Waals surface area contributed by atoms with Gasteiger partial charge < -0.3 is 14.9 Å². The van der Waals surface area contributed by atoms with Gasteiger partial charge in [-0.15, -0.1) is 0 Å². The van der Waals surface area contributed by atoms with Crippen LogP contribution >= 0.6 is 0 Å². The van der Waals surface area contributed by atoms with Crippen molar-refractivity contribution in [3.63, 3.8) is 0 Å². The van der Waals surface area contributed by atoms with Crippen LogP contribution in [0.1, 0.15) is 54.3 Å². The van der Waals surface area contributed by atoms with E-state index in [1.165, 1.54) is 0 Å². The van der Waals surface area contributed by atoms with Gasteiger partial charge in [0.1, 0.15) is 18.0 Å². The van der Waals surface area contributed by atoms with Crippen LogP contribution in [0.4, 0.5) is 14.5 Å². The van der Waals surface area contributed by atoms with Crippen molar-refractivity contribution in [2.24, 2.45) is 0 Å². The molecule has 2 N–H and O–H groups in total. The minimum Gasteiger partial charge on any atom is -0.486 e. The summed E-state index contributed by atoms with van der Waals surface area (Å²) in [7, 11) is 0. The highest BCUT2D eigenvalue weighted by Gasteiger charge is 2.25. The second-order valence-electron chi connectivity index (χ2n) is 8.25. The quantitative estimate of drug-likeness (QED) is 0.358. The number of anilines is 1. The van der Waals surface area contributed by atoms with E-state index in [2.05, 4.69) is 4.90 Å². The zero-order valence-corrected chi connectivity index (χ0v) is 18.3. The minimum absolute atomic E-state index is 0.0882. The fraction of sp³-hybridized carbons (Fsp3) is 0.400. The van der Waals surface area contributed by atoms with Crippen molar-refractivity contribution in [2.45, 2.75) is 39.0 Å². The normalized spacial score (nSPS) is 14.3. The number of aryl methyl sites for hydroxylation is 1. The number of benzene rings is 2. The second-order valence-corrected chi connectivity index (χ2v) is 8.25. The molecule has 1 fully saturated rings. The molecular formula is C25H28F2N2O3. The topological polar surface area (TPSA) is 68.7 Å². The Morgan fingerprint density at radius 2 is 1.88 bits per heavy atom. The average Bonchev–Trinajstić information content (AvgIpc) is 3.40. The van der Waals surface area contributed by atoms with Crippen molar-refractivity contribution in [1.82, 2.24) is 4.90 Å². The summed E-state index contributed by atoms with van der Waals surface area (Å²) in [5.41, 5.74) is 7.13. The summed E-state index contributed by atoms with van der Waals surface area (Å²) < 4.78 is 40.7. The number of hydrogen-bond donors (Lipinski definition) is 1. The molecule has 1 saturated heterocycles. The third-order valence-corrected chi connectivity index (χ3v) is 5.88. The number of halogens is 2. The maximum Gasteiger partial charge on any atom is 0.197 e. The summed E-state index contributed by atoms with van der Waals surface area (Å²) in [4.78, 5) is 15.5. The standard InChI is InChI=1S/C25H28F2N2O3/c1-2-3-6-22-23(18-15-17(28)7-8-21(18)32-22)24(30)16-13-19(26)25(20(27)14-16)31-12-11-29-9-4-5-10-29/h7-8,13-15H,2-6,9-12,28H2,1H3. The van der Waals surface area contributed by atoms with E-state index in [1.54, 1.807) is 18.2 Å². The number of furan rings is 1. The molecule has 5 nitrogen and oxygen atoms in total. The Kier molecular flexibility index (Phi) is 6.74. The fourth-order valence-corrected chi connectivity index (χ4v) is 4.18. The molecule has 1 aliphatic rings. The first-order valence-electron chi connectivity index (χ1n) is 11.2. The van der Waals surface area contributed by atoms with Gasteiger partial charge in [-0.2, -0.15) is 0 Å². The van der Waals surface area contributed by atoms with Crippen molar-refractivity contribution in [1.29, 1.82) is 0 Å². The number of nitrogens with two attached hydrogens (primary N) is 1. The average molecular weight is 443 g/mol. The third kappa shape index (κ3) is 4.63. The number of carbonyl (C=O) groups is 1. The molecule has 2 heterocycles. The third-order valence-electron chi connectivity index (χ3n) is 5.88. The predicted molar refractivity (Wildman–Crippen MR) is 120 cm³/mol. The van der Waals surface area contributed by atoms with E-state index < -0.39 is 23.2 Å². The molecule has 0 unspecified atom stereocenters. The SMILES string of the molecule is CCCCc1oc2ccc(N)cc2c1C(=O)c1cc(F)c(OCCN2CCCC2)c(F)c1. The Morgan fingerprint density at radius 3 is 2.56 bits per heavy atom. The number of unbranched alkanes of at least 4 members (excludes halogenated alkanes) is 1. The highest BCUT2D eigenvalue weighted by atomic mass is 19.1. The number of carbonyl (C=O) groups excluding carboxylic acids is 1. The largest absolute Gasteiger partial charge is 0.486 e. The molecule has 0 atom stereocenters. The van der Waals surface area contributed by atoms with Crippen molar-refractivity contribution in [3.8, 4) is 5.75 Å². The zero-order chi connectivity index (χ0) is 22.7. The number of nitrogens with zero attached hydrogens (tertiary/aromatic N) is 1. The van der Waals surface area contributed by atoms with Crippen LogP contribution in [-0.4, -0.2) is 36.9 Å². The highest BCUT2D eigenvalue weighted by Crippen LogP contribution is 2.32. The van der Waals surface area contributed by atoms with Gasteiger partial charge in [0, 0.05) is 29.6 Å². The molecule has 170 valence electrons. The van der Waals surface area contributed by atoms with Gasteiger partial charge in [-0.25, -0.2) is 8.78 Å². The number of rotatable bonds is 9. The first-order chi connectivity index (χ1) is 15.5. The number of fused-ring (bicyclic) bond motifs is 1. The van der Waals surface area contributed by atoms with Crippen LogP contribution in [0.5, 0.6) is 5.75 Å². The lowest BCUT2D eigenvalue weighted by molar-refractivity contribution is 0.103. The fourth-order valence-electron chi connectivity index (χ4n) is 4.18. The number of ether oxygens (including phenoxy) is 1. The van der Waals surface area contributed by atoms with Gasteiger partial charge in [-0.3, -0.25) is 9.69 Å². The van der Waals surface area contributed by atoms with Gasteiger partial charge in [0.2, 0.25) is 0 Å². The Hall–Kier alpha value is -2.93. The molecular weight excluding hydrogens is 414 g/mol. The summed E-state index contributed by atoms with van der Waals surface area (Å²) in [6, 6.07) is 7.12. The van der Waals surface area contributed by atoms with Crippen LogP contribution in [0.25, 0.3) is 11.0 Å². The Balaban J connectivity index is 1.61. The molecule has 2 aromatic carbocycles. The Morgan fingerprint density at radius 1 is 1.16 bits per heavy atom. The minimum atomic E-state index is -0.891. The molecule has 1 aliphatic heterocycles. The van der Waals surface area contributed by atoms with Gasteiger partial charge in [0.15, 0.2) is 23.2 Å². The van der Waals surface area contributed by atoms with Gasteiger partial charge in [-0.1, -0.05) is 13.3 Å². The molecule has 0 radical (unpaired) electrons. The van der Waals surface area contributed by atoms with Gasteiger partial charge >= 0.3 is 0 Å². The lowest BCUT2D eigenvalue weighted by Crippen LogP contribution is -2.25. The van der Waals surface area contributed by atoms with Gasteiger partial charge in [-0.05, 0) is 62.7 Å². The summed E-state index contributed by atoms with van der Waals surface area (Å²) in [6.07, 6.45) is 4.55. The first kappa shape index (κ1) is 22.3. The molecule has 0 spiro atoms. The molecule has 3 aromatic rings. The summed E-state index contributed by atoms with van der Waals surface area (Å²) in [6.45, 7) is 4.79. The molecule has 0 aliphatic carbocycles. The van der Waals surface area contributed by atoms with E-state index in [0.29, 0.717) is 40.9 Å². The van der Waals surface area contributed by atoms with E-state index in [4.69, 9.17) is 14.9 Å². The number of hydrogen-bond acceptors (Lipinski definition) is 5. The summed E-state index contributed by atoms with van der Waals surface area (Å²) in [5.74, 6) is -2.23. The maximum atomic E-state index is 14.7. The predicted octanol–water partition coefficient (Wildman–Crippen LogP) is 5.34. The first-order valence-corrected chi connectivity index (χ1v) is 11.2. The van der Waals surface area contributed by atoms with Gasteiger partial charge in [0.25, 0.3) is 0 Å². The lowest BCUT2D eigenvalue weighted by Gasteiger charge is -2.15. The Labute approximate surface area is 186 Å². The molecule has 32 heavy (non-hydrogen) atoms. The smallest absolute Gasteiger partial charge is 0.197 e.